The van der Waals surface area contributed by atoms with Crippen LogP contribution in [0, 0.1) is 6.92 Å². The molecular weight excluding hydrogens is 282 g/mol. The van der Waals surface area contributed by atoms with Gasteiger partial charge in [0.1, 0.15) is 0 Å². The van der Waals surface area contributed by atoms with Gasteiger partial charge in [-0.1, -0.05) is 13.0 Å². The fraction of sp³-hybridized carbons (Fsp3) is 0.385. The summed E-state index contributed by atoms with van der Waals surface area (Å²) in [6.45, 7) is 5.44. The summed E-state index contributed by atoms with van der Waals surface area (Å²) in [7, 11) is 0. The van der Waals surface area contributed by atoms with Gasteiger partial charge in [-0.2, -0.15) is 0 Å². The van der Waals surface area contributed by atoms with E-state index in [0.29, 0.717) is 12.0 Å². The van der Waals surface area contributed by atoms with Gasteiger partial charge in [-0.3, -0.25) is 9.59 Å². The molecule has 1 unspecified atom stereocenters. The average molecular weight is 298 g/mol. The number of nitrogens with one attached hydrogen (secondary N) is 1. The molecular formula is C13H16BrNO2. The van der Waals surface area contributed by atoms with Crippen LogP contribution in [0.1, 0.15) is 36.2 Å². The second-order valence-corrected chi connectivity index (χ2v) is 4.85. The molecule has 0 spiro atoms. The number of benzene rings is 1. The Morgan fingerprint density at radius 3 is 2.59 bits per heavy atom. The number of carbonyl (C=O) groups excluding carboxylic acids is 2. The number of carbonyl (C=O) groups is 2. The summed E-state index contributed by atoms with van der Waals surface area (Å²) in [4.78, 5) is 23.3. The lowest BCUT2D eigenvalue weighted by Crippen LogP contribution is -2.38. The van der Waals surface area contributed by atoms with Gasteiger partial charge in [-0.05, 0) is 47.5 Å². The van der Waals surface area contributed by atoms with E-state index >= 15 is 0 Å². The molecule has 0 saturated carbocycles. The van der Waals surface area contributed by atoms with Crippen LogP contribution in [0.25, 0.3) is 0 Å². The first-order valence-electron chi connectivity index (χ1n) is 5.55. The number of aryl methyl sites for hydroxylation is 1. The Balaban J connectivity index is 2.80. The Bertz CT molecular complexity index is 443. The molecule has 0 aliphatic heterocycles. The molecule has 1 amide bonds. The first-order chi connectivity index (χ1) is 7.95. The lowest BCUT2D eigenvalue weighted by atomic mass is 10.1. The molecule has 0 radical (unpaired) electrons. The molecule has 0 saturated heterocycles. The number of halogens is 1. The van der Waals surface area contributed by atoms with Gasteiger partial charge >= 0.3 is 0 Å². The zero-order chi connectivity index (χ0) is 13.0. The van der Waals surface area contributed by atoms with Gasteiger partial charge in [-0.25, -0.2) is 0 Å². The highest BCUT2D eigenvalue weighted by atomic mass is 79.9. The third-order valence-corrected chi connectivity index (χ3v) is 3.20. The second-order valence-electron chi connectivity index (χ2n) is 4.00. The normalized spacial score (nSPS) is 12.0. The third-order valence-electron chi connectivity index (χ3n) is 2.55. The second kappa shape index (κ2) is 5.96. The molecule has 1 rings (SSSR count). The predicted molar refractivity (Wildman–Crippen MR) is 71.1 cm³/mol. The SMILES string of the molecule is CCC(=O)C(C)NC(=O)c1ccc(C)cc1Br. The van der Waals surface area contributed by atoms with Crippen LogP contribution in [-0.2, 0) is 4.79 Å². The van der Waals surface area contributed by atoms with E-state index in [1.165, 1.54) is 0 Å². The molecule has 0 bridgehead atoms. The van der Waals surface area contributed by atoms with Crippen LogP contribution in [0.3, 0.4) is 0 Å². The standard InChI is InChI=1S/C13H16BrNO2/c1-4-12(16)9(3)15-13(17)10-6-5-8(2)7-11(10)14/h5-7,9H,4H2,1-3H3,(H,15,17). The van der Waals surface area contributed by atoms with Gasteiger partial charge < -0.3 is 5.32 Å². The molecule has 0 fully saturated rings. The largest absolute Gasteiger partial charge is 0.342 e. The summed E-state index contributed by atoms with van der Waals surface area (Å²) >= 11 is 3.35. The van der Waals surface area contributed by atoms with Crippen molar-refractivity contribution in [3.63, 3.8) is 0 Å². The van der Waals surface area contributed by atoms with E-state index in [0.717, 1.165) is 10.0 Å². The summed E-state index contributed by atoms with van der Waals surface area (Å²) in [6, 6.07) is 5.05. The highest BCUT2D eigenvalue weighted by molar-refractivity contribution is 9.10. The minimum atomic E-state index is -0.444. The lowest BCUT2D eigenvalue weighted by molar-refractivity contribution is -0.120. The number of hydrogen-bond acceptors (Lipinski definition) is 2. The Hall–Kier alpha value is -1.16. The number of ketones is 1. The number of rotatable bonds is 4. The van der Waals surface area contributed by atoms with Crippen molar-refractivity contribution in [1.82, 2.24) is 5.32 Å². The Kier molecular flexibility index (Phi) is 4.87. The van der Waals surface area contributed by atoms with Gasteiger partial charge in [0.2, 0.25) is 0 Å². The first-order valence-corrected chi connectivity index (χ1v) is 6.34. The van der Waals surface area contributed by atoms with E-state index in [2.05, 4.69) is 21.2 Å². The molecule has 0 aliphatic rings. The highest BCUT2D eigenvalue weighted by Gasteiger charge is 2.16. The van der Waals surface area contributed by atoms with Crippen molar-refractivity contribution in [3.8, 4) is 0 Å². The summed E-state index contributed by atoms with van der Waals surface area (Å²) in [6.07, 6.45) is 0.427. The van der Waals surface area contributed by atoms with Gasteiger partial charge in [0.05, 0.1) is 11.6 Å². The Morgan fingerprint density at radius 1 is 1.41 bits per heavy atom. The van der Waals surface area contributed by atoms with Crippen LogP contribution in [0.5, 0.6) is 0 Å². The quantitative estimate of drug-likeness (QED) is 0.929. The molecule has 1 aromatic carbocycles. The molecule has 3 nitrogen and oxygen atoms in total. The van der Waals surface area contributed by atoms with Crippen LogP contribution in [0.15, 0.2) is 22.7 Å². The van der Waals surface area contributed by atoms with Crippen molar-refractivity contribution in [2.75, 3.05) is 0 Å². The van der Waals surface area contributed by atoms with E-state index in [9.17, 15) is 9.59 Å². The summed E-state index contributed by atoms with van der Waals surface area (Å²) in [5.74, 6) is -0.201. The lowest BCUT2D eigenvalue weighted by Gasteiger charge is -2.12. The van der Waals surface area contributed by atoms with Gasteiger partial charge in [0.15, 0.2) is 5.78 Å². The number of hydrogen-bond donors (Lipinski definition) is 1. The Morgan fingerprint density at radius 2 is 2.06 bits per heavy atom. The van der Waals surface area contributed by atoms with E-state index in [4.69, 9.17) is 0 Å². The third kappa shape index (κ3) is 3.66. The first kappa shape index (κ1) is 13.9. The minimum Gasteiger partial charge on any atom is -0.342 e. The van der Waals surface area contributed by atoms with Gasteiger partial charge in [0, 0.05) is 10.9 Å². The monoisotopic (exact) mass is 297 g/mol. The van der Waals surface area contributed by atoms with Crippen molar-refractivity contribution in [3.05, 3.63) is 33.8 Å². The molecule has 0 aliphatic carbocycles. The van der Waals surface area contributed by atoms with Crippen molar-refractivity contribution >= 4 is 27.6 Å². The van der Waals surface area contributed by atoms with Crippen LogP contribution in [0.4, 0.5) is 0 Å². The molecule has 0 heterocycles. The van der Waals surface area contributed by atoms with E-state index < -0.39 is 6.04 Å². The zero-order valence-electron chi connectivity index (χ0n) is 10.2. The van der Waals surface area contributed by atoms with Crippen LogP contribution in [0.2, 0.25) is 0 Å². The van der Waals surface area contributed by atoms with Crippen molar-refractivity contribution in [2.24, 2.45) is 0 Å². The van der Waals surface area contributed by atoms with Crippen molar-refractivity contribution in [1.29, 1.82) is 0 Å². The predicted octanol–water partition coefficient (Wildman–Crippen LogP) is 2.85. The number of Topliss-reactive ketones (excluding diaryl/α,β-unsaturated/α-hetero) is 1. The smallest absolute Gasteiger partial charge is 0.252 e. The molecule has 4 heteroatoms. The van der Waals surface area contributed by atoms with Gasteiger partial charge in [0.25, 0.3) is 5.91 Å². The molecule has 92 valence electrons. The highest BCUT2D eigenvalue weighted by Crippen LogP contribution is 2.18. The van der Waals surface area contributed by atoms with Crippen LogP contribution >= 0.6 is 15.9 Å². The fourth-order valence-electron chi connectivity index (χ4n) is 1.47. The summed E-state index contributed by atoms with van der Waals surface area (Å²) in [5.41, 5.74) is 1.62. The number of amides is 1. The van der Waals surface area contributed by atoms with Crippen LogP contribution < -0.4 is 5.32 Å². The molecule has 1 atom stereocenters. The molecule has 1 aromatic rings. The average Bonchev–Trinajstić information content (AvgIpc) is 2.27. The van der Waals surface area contributed by atoms with Crippen molar-refractivity contribution < 1.29 is 9.59 Å². The van der Waals surface area contributed by atoms with E-state index in [-0.39, 0.29) is 11.7 Å². The maximum Gasteiger partial charge on any atom is 0.252 e. The Labute approximate surface area is 110 Å². The fourth-order valence-corrected chi connectivity index (χ4v) is 2.14. The maximum atomic E-state index is 11.9. The maximum absolute atomic E-state index is 11.9. The van der Waals surface area contributed by atoms with E-state index in [1.807, 2.05) is 19.1 Å². The minimum absolute atomic E-state index is 0.0292. The molecule has 17 heavy (non-hydrogen) atoms. The van der Waals surface area contributed by atoms with E-state index in [1.54, 1.807) is 19.9 Å². The topological polar surface area (TPSA) is 46.2 Å². The van der Waals surface area contributed by atoms with Gasteiger partial charge in [-0.15, -0.1) is 0 Å². The summed E-state index contributed by atoms with van der Waals surface area (Å²) in [5, 5.41) is 2.69. The summed E-state index contributed by atoms with van der Waals surface area (Å²) < 4.78 is 0.742. The zero-order valence-corrected chi connectivity index (χ0v) is 11.8. The molecule has 1 N–H and O–H groups in total. The van der Waals surface area contributed by atoms with Crippen LogP contribution in [-0.4, -0.2) is 17.7 Å². The van der Waals surface area contributed by atoms with Crippen molar-refractivity contribution in [2.45, 2.75) is 33.2 Å². The molecule has 0 aromatic heterocycles.